The Morgan fingerprint density at radius 3 is 2.80 bits per heavy atom. The Balaban J connectivity index is 2.20. The van der Waals surface area contributed by atoms with Crippen molar-refractivity contribution >= 4 is 15.9 Å². The number of nitrogens with zero attached hydrogens (tertiary/aromatic N) is 2. The lowest BCUT2D eigenvalue weighted by Gasteiger charge is -2.27. The van der Waals surface area contributed by atoms with E-state index in [2.05, 4.69) is 51.8 Å². The third-order valence-electron chi connectivity index (χ3n) is 4.43. The van der Waals surface area contributed by atoms with Crippen LogP contribution in [-0.2, 0) is 6.54 Å². The topological polar surface area (TPSA) is 29.9 Å². The zero-order valence-corrected chi connectivity index (χ0v) is 14.6. The molecule has 1 N–H and O–H groups in total. The minimum Gasteiger partial charge on any atom is -0.314 e. The molecule has 0 saturated heterocycles. The van der Waals surface area contributed by atoms with Gasteiger partial charge >= 0.3 is 0 Å². The highest BCUT2D eigenvalue weighted by atomic mass is 79.9. The number of aromatic nitrogens is 2. The van der Waals surface area contributed by atoms with Crippen molar-refractivity contribution in [3.8, 4) is 0 Å². The van der Waals surface area contributed by atoms with Crippen LogP contribution in [0, 0.1) is 5.92 Å². The van der Waals surface area contributed by atoms with Gasteiger partial charge in [-0.3, -0.25) is 4.68 Å². The zero-order valence-electron chi connectivity index (χ0n) is 13.0. The molecule has 3 nitrogen and oxygen atoms in total. The summed E-state index contributed by atoms with van der Waals surface area (Å²) in [7, 11) is 0. The molecule has 1 fully saturated rings. The third-order valence-corrected chi connectivity index (χ3v) is 5.04. The SMILES string of the molecule is CCn1ncc(Br)c1C1CCCCCC1CNC(C)C. The van der Waals surface area contributed by atoms with Gasteiger partial charge in [0.1, 0.15) is 0 Å². The molecule has 0 spiro atoms. The zero-order chi connectivity index (χ0) is 14.5. The van der Waals surface area contributed by atoms with Gasteiger partial charge in [-0.2, -0.15) is 5.10 Å². The summed E-state index contributed by atoms with van der Waals surface area (Å²) in [5.41, 5.74) is 1.42. The summed E-state index contributed by atoms with van der Waals surface area (Å²) < 4.78 is 3.38. The normalized spacial score (nSPS) is 24.1. The molecule has 0 amide bonds. The first-order valence-corrected chi connectivity index (χ1v) is 8.87. The van der Waals surface area contributed by atoms with Crippen LogP contribution in [0.2, 0.25) is 0 Å². The van der Waals surface area contributed by atoms with Crippen molar-refractivity contribution in [1.29, 1.82) is 0 Å². The van der Waals surface area contributed by atoms with Crippen molar-refractivity contribution in [3.63, 3.8) is 0 Å². The van der Waals surface area contributed by atoms with Crippen LogP contribution in [0.1, 0.15) is 64.5 Å². The van der Waals surface area contributed by atoms with Crippen LogP contribution in [-0.4, -0.2) is 22.4 Å². The van der Waals surface area contributed by atoms with Crippen molar-refractivity contribution in [2.75, 3.05) is 6.54 Å². The molecule has 0 aromatic carbocycles. The standard InChI is InChI=1S/C16H28BrN3/c1-4-20-16(15(17)11-19-20)14-9-7-5-6-8-13(14)10-18-12(2)3/h11-14,18H,4-10H2,1-3H3. The van der Waals surface area contributed by atoms with Crippen molar-refractivity contribution in [2.45, 2.75) is 71.4 Å². The molecular formula is C16H28BrN3. The lowest BCUT2D eigenvalue weighted by Crippen LogP contribution is -2.32. The second-order valence-electron chi connectivity index (χ2n) is 6.26. The van der Waals surface area contributed by atoms with Crippen molar-refractivity contribution in [3.05, 3.63) is 16.4 Å². The van der Waals surface area contributed by atoms with Crippen LogP contribution in [0.15, 0.2) is 10.7 Å². The Bertz CT molecular complexity index is 414. The Hall–Kier alpha value is -0.350. The molecule has 2 atom stereocenters. The van der Waals surface area contributed by atoms with Crippen molar-refractivity contribution in [1.82, 2.24) is 15.1 Å². The molecule has 114 valence electrons. The summed E-state index contributed by atoms with van der Waals surface area (Å²) in [6, 6.07) is 0.568. The molecule has 0 radical (unpaired) electrons. The fourth-order valence-corrected chi connectivity index (χ4v) is 3.96. The number of halogens is 1. The molecule has 2 rings (SSSR count). The Morgan fingerprint density at radius 2 is 2.10 bits per heavy atom. The first-order valence-electron chi connectivity index (χ1n) is 8.08. The predicted octanol–water partition coefficient (Wildman–Crippen LogP) is 4.33. The lowest BCUT2D eigenvalue weighted by atomic mass is 9.85. The molecule has 1 aliphatic carbocycles. The first-order chi connectivity index (χ1) is 9.63. The van der Waals surface area contributed by atoms with Crippen LogP contribution in [0.3, 0.4) is 0 Å². The van der Waals surface area contributed by atoms with E-state index in [9.17, 15) is 0 Å². The van der Waals surface area contributed by atoms with Gasteiger partial charge in [0, 0.05) is 18.5 Å². The Morgan fingerprint density at radius 1 is 1.35 bits per heavy atom. The first kappa shape index (κ1) is 16.0. The molecule has 2 unspecified atom stereocenters. The molecule has 0 bridgehead atoms. The highest BCUT2D eigenvalue weighted by Crippen LogP contribution is 2.39. The van der Waals surface area contributed by atoms with Gasteiger partial charge in [-0.1, -0.05) is 33.1 Å². The number of rotatable bonds is 5. The Kier molecular flexibility index (Phi) is 6.09. The summed E-state index contributed by atoms with van der Waals surface area (Å²) in [6.45, 7) is 8.74. The summed E-state index contributed by atoms with van der Waals surface area (Å²) in [6.07, 6.45) is 8.71. The van der Waals surface area contributed by atoms with Crippen molar-refractivity contribution < 1.29 is 0 Å². The van der Waals surface area contributed by atoms with Gasteiger partial charge in [0.05, 0.1) is 16.4 Å². The minimum absolute atomic E-state index is 0.568. The quantitative estimate of drug-likeness (QED) is 0.808. The molecule has 1 aliphatic rings. The van der Waals surface area contributed by atoms with Gasteiger partial charge in [-0.15, -0.1) is 0 Å². The van der Waals surface area contributed by atoms with E-state index in [1.165, 1.54) is 42.3 Å². The number of hydrogen-bond donors (Lipinski definition) is 1. The smallest absolute Gasteiger partial charge is 0.0635 e. The maximum Gasteiger partial charge on any atom is 0.0635 e. The van der Waals surface area contributed by atoms with Crippen LogP contribution in [0.5, 0.6) is 0 Å². The summed E-state index contributed by atoms with van der Waals surface area (Å²) in [5, 5.41) is 8.17. The van der Waals surface area contributed by atoms with Gasteiger partial charge in [-0.05, 0) is 48.2 Å². The second-order valence-corrected chi connectivity index (χ2v) is 7.12. The molecule has 0 aliphatic heterocycles. The lowest BCUT2D eigenvalue weighted by molar-refractivity contribution is 0.347. The van der Waals surface area contributed by atoms with Crippen LogP contribution in [0.25, 0.3) is 0 Å². The van der Waals surface area contributed by atoms with Gasteiger partial charge < -0.3 is 5.32 Å². The molecule has 1 aromatic heterocycles. The van der Waals surface area contributed by atoms with Gasteiger partial charge in [-0.25, -0.2) is 0 Å². The fraction of sp³-hybridized carbons (Fsp3) is 0.812. The van der Waals surface area contributed by atoms with E-state index < -0.39 is 0 Å². The Labute approximate surface area is 131 Å². The van der Waals surface area contributed by atoms with E-state index in [0.29, 0.717) is 12.0 Å². The monoisotopic (exact) mass is 341 g/mol. The second kappa shape index (κ2) is 7.60. The van der Waals surface area contributed by atoms with E-state index in [4.69, 9.17) is 0 Å². The fourth-order valence-electron chi connectivity index (χ4n) is 3.37. The van der Waals surface area contributed by atoms with E-state index in [-0.39, 0.29) is 0 Å². The van der Waals surface area contributed by atoms with Crippen LogP contribution < -0.4 is 5.32 Å². The average Bonchev–Trinajstić information content (AvgIpc) is 2.65. The van der Waals surface area contributed by atoms with E-state index in [1.807, 2.05) is 6.20 Å². The summed E-state index contributed by atoms with van der Waals surface area (Å²) >= 11 is 3.72. The molecule has 4 heteroatoms. The van der Waals surface area contributed by atoms with Crippen molar-refractivity contribution in [2.24, 2.45) is 5.92 Å². The number of aryl methyl sites for hydroxylation is 1. The van der Waals surface area contributed by atoms with E-state index in [0.717, 1.165) is 19.0 Å². The van der Waals surface area contributed by atoms with Gasteiger partial charge in [0.15, 0.2) is 0 Å². The molecule has 1 saturated carbocycles. The molecular weight excluding hydrogens is 314 g/mol. The maximum atomic E-state index is 4.52. The van der Waals surface area contributed by atoms with E-state index >= 15 is 0 Å². The molecule has 1 heterocycles. The summed E-state index contributed by atoms with van der Waals surface area (Å²) in [5.74, 6) is 1.37. The number of hydrogen-bond acceptors (Lipinski definition) is 2. The summed E-state index contributed by atoms with van der Waals surface area (Å²) in [4.78, 5) is 0. The molecule has 1 aromatic rings. The van der Waals surface area contributed by atoms with Crippen LogP contribution >= 0.6 is 15.9 Å². The third kappa shape index (κ3) is 3.85. The average molecular weight is 342 g/mol. The minimum atomic E-state index is 0.568. The largest absolute Gasteiger partial charge is 0.314 e. The highest BCUT2D eigenvalue weighted by Gasteiger charge is 2.29. The molecule has 20 heavy (non-hydrogen) atoms. The van der Waals surface area contributed by atoms with E-state index in [1.54, 1.807) is 0 Å². The van der Waals surface area contributed by atoms with Crippen LogP contribution in [0.4, 0.5) is 0 Å². The predicted molar refractivity (Wildman–Crippen MR) is 88.1 cm³/mol. The highest BCUT2D eigenvalue weighted by molar-refractivity contribution is 9.10. The van der Waals surface area contributed by atoms with Gasteiger partial charge in [0.2, 0.25) is 0 Å². The number of nitrogens with one attached hydrogen (secondary N) is 1. The van der Waals surface area contributed by atoms with Gasteiger partial charge in [0.25, 0.3) is 0 Å². The maximum absolute atomic E-state index is 4.52.